The van der Waals surface area contributed by atoms with Crippen molar-refractivity contribution < 1.29 is 8.23 Å². The maximum atomic E-state index is 6.63. The second kappa shape index (κ2) is 8.21. The van der Waals surface area contributed by atoms with Gasteiger partial charge in [0.15, 0.2) is 33.3 Å². The summed E-state index contributed by atoms with van der Waals surface area (Å²) in [6.45, 7) is 36.7. The Labute approximate surface area is 158 Å². The number of rotatable bonds is 4. The van der Waals surface area contributed by atoms with Gasteiger partial charge in [0.05, 0.1) is 0 Å². The molecule has 0 aromatic heterocycles. The summed E-state index contributed by atoms with van der Waals surface area (Å²) in [6.07, 6.45) is 0. The fraction of sp³-hybridized carbons (Fsp3) is 1.00. The average Bonchev–Trinajstić information content (AvgIpc) is 2.05. The van der Waals surface area contributed by atoms with Gasteiger partial charge in [-0.3, -0.25) is 0 Å². The van der Waals surface area contributed by atoms with Crippen LogP contribution in [-0.2, 0) is 8.23 Å². The first-order valence-corrected chi connectivity index (χ1v) is 21.9. The molecule has 0 unspecified atom stereocenters. The highest BCUT2D eigenvalue weighted by Crippen LogP contribution is 2.44. The Morgan fingerprint density at radius 3 is 0.708 bits per heavy atom. The third-order valence-corrected chi connectivity index (χ3v) is 20.9. The molecule has 6 heteroatoms. The van der Waals surface area contributed by atoms with E-state index in [2.05, 4.69) is 107 Å². The Morgan fingerprint density at radius 2 is 0.625 bits per heavy atom. The SMILES string of the molecule is CC(C)(C)[Si](C)(C)O[Si](C)(C)C(C)(C)C.C[Si](C)(C)O[Si](C)(C)C. The molecule has 0 N–H and O–H groups in total. The number of hydrogen-bond acceptors (Lipinski definition) is 2. The summed E-state index contributed by atoms with van der Waals surface area (Å²) in [7, 11) is -5.64. The van der Waals surface area contributed by atoms with E-state index in [1.54, 1.807) is 0 Å². The smallest absolute Gasteiger partial charge is 0.178 e. The first-order chi connectivity index (χ1) is 9.91. The Hall–Kier alpha value is 0.788. The summed E-state index contributed by atoms with van der Waals surface area (Å²) < 4.78 is 12.5. The second-order valence-electron chi connectivity index (χ2n) is 11.9. The fourth-order valence-corrected chi connectivity index (χ4v) is 16.8. The van der Waals surface area contributed by atoms with Gasteiger partial charge in [0, 0.05) is 0 Å². The van der Waals surface area contributed by atoms with Gasteiger partial charge in [-0.2, -0.15) is 0 Å². The molecule has 0 aliphatic heterocycles. The second-order valence-corrected chi connectivity index (χ2v) is 31.1. The van der Waals surface area contributed by atoms with Crippen molar-refractivity contribution in [2.75, 3.05) is 0 Å². The molecule has 0 atom stereocenters. The lowest BCUT2D eigenvalue weighted by Crippen LogP contribution is -2.53. The van der Waals surface area contributed by atoms with Gasteiger partial charge in [-0.05, 0) is 75.5 Å². The van der Waals surface area contributed by atoms with Crippen molar-refractivity contribution in [1.82, 2.24) is 0 Å². The molecular weight excluding hydrogens is 361 g/mol. The van der Waals surface area contributed by atoms with Gasteiger partial charge >= 0.3 is 0 Å². The molecule has 0 fully saturated rings. The summed E-state index contributed by atoms with van der Waals surface area (Å²) >= 11 is 0. The summed E-state index contributed by atoms with van der Waals surface area (Å²) in [5.41, 5.74) is 0. The van der Waals surface area contributed by atoms with E-state index >= 15 is 0 Å². The Kier molecular flexibility index (Phi) is 9.24. The minimum atomic E-state index is -1.59. The molecule has 148 valence electrons. The van der Waals surface area contributed by atoms with E-state index in [-0.39, 0.29) is 0 Å². The van der Waals surface area contributed by atoms with E-state index in [1.807, 2.05) is 0 Å². The lowest BCUT2D eigenvalue weighted by atomic mass is 10.2. The van der Waals surface area contributed by atoms with Crippen molar-refractivity contribution in [3.8, 4) is 0 Å². The van der Waals surface area contributed by atoms with Gasteiger partial charge in [-0.15, -0.1) is 0 Å². The fourth-order valence-electron chi connectivity index (χ4n) is 1.86. The lowest BCUT2D eigenvalue weighted by Gasteiger charge is -2.47. The van der Waals surface area contributed by atoms with Crippen molar-refractivity contribution in [2.24, 2.45) is 0 Å². The van der Waals surface area contributed by atoms with Crippen LogP contribution in [0.25, 0.3) is 0 Å². The van der Waals surface area contributed by atoms with Crippen LogP contribution < -0.4 is 0 Å². The molecule has 0 bridgehead atoms. The average molecular weight is 409 g/mol. The van der Waals surface area contributed by atoms with E-state index in [0.29, 0.717) is 10.1 Å². The molecule has 0 aliphatic carbocycles. The third-order valence-electron chi connectivity index (χ3n) is 4.74. The van der Waals surface area contributed by atoms with Crippen molar-refractivity contribution in [2.45, 2.75) is 117 Å². The van der Waals surface area contributed by atoms with Crippen LogP contribution in [0.5, 0.6) is 0 Å². The van der Waals surface area contributed by atoms with E-state index in [1.165, 1.54) is 0 Å². The van der Waals surface area contributed by atoms with Gasteiger partial charge in [-0.1, -0.05) is 41.5 Å². The Morgan fingerprint density at radius 1 is 0.417 bits per heavy atom. The molecule has 0 spiro atoms. The van der Waals surface area contributed by atoms with E-state index in [9.17, 15) is 0 Å². The maximum absolute atomic E-state index is 6.63. The van der Waals surface area contributed by atoms with Gasteiger partial charge in [0.25, 0.3) is 0 Å². The molecule has 0 heterocycles. The minimum Gasteiger partial charge on any atom is -0.456 e. The van der Waals surface area contributed by atoms with Crippen LogP contribution in [0.2, 0.25) is 75.5 Å². The Bertz CT molecular complexity index is 342. The maximum Gasteiger partial charge on any atom is 0.178 e. The van der Waals surface area contributed by atoms with Crippen LogP contribution in [0.15, 0.2) is 0 Å². The van der Waals surface area contributed by atoms with Crippen LogP contribution in [0.4, 0.5) is 0 Å². The monoisotopic (exact) mass is 408 g/mol. The first kappa shape index (κ1) is 27.0. The molecule has 0 aromatic rings. The molecule has 0 rings (SSSR count). The quantitative estimate of drug-likeness (QED) is 0.444. The van der Waals surface area contributed by atoms with Crippen molar-refractivity contribution in [3.05, 3.63) is 0 Å². The summed E-state index contributed by atoms with van der Waals surface area (Å²) in [5.74, 6) is 0. The molecule has 0 aliphatic rings. The van der Waals surface area contributed by atoms with Crippen LogP contribution in [0.1, 0.15) is 41.5 Å². The highest BCUT2D eigenvalue weighted by Gasteiger charge is 2.46. The van der Waals surface area contributed by atoms with E-state index < -0.39 is 33.3 Å². The summed E-state index contributed by atoms with van der Waals surface area (Å²) in [4.78, 5) is 0. The van der Waals surface area contributed by atoms with Gasteiger partial charge in [0.1, 0.15) is 0 Å². The predicted molar refractivity (Wildman–Crippen MR) is 123 cm³/mol. The lowest BCUT2D eigenvalue weighted by molar-refractivity contribution is 0.449. The summed E-state index contributed by atoms with van der Waals surface area (Å²) in [5, 5.41) is 0.644. The number of hydrogen-bond donors (Lipinski definition) is 0. The molecule has 0 radical (unpaired) electrons. The predicted octanol–water partition coefficient (Wildman–Crippen LogP) is 7.69. The molecule has 0 saturated carbocycles. The molecule has 2 nitrogen and oxygen atoms in total. The van der Waals surface area contributed by atoms with Crippen molar-refractivity contribution in [3.63, 3.8) is 0 Å². The molecule has 0 saturated heterocycles. The van der Waals surface area contributed by atoms with Gasteiger partial charge in [-0.25, -0.2) is 0 Å². The zero-order valence-corrected chi connectivity index (χ0v) is 23.8. The van der Waals surface area contributed by atoms with Crippen LogP contribution in [0.3, 0.4) is 0 Å². The first-order valence-electron chi connectivity index (χ1n) is 9.32. The third kappa shape index (κ3) is 11.4. The van der Waals surface area contributed by atoms with E-state index in [4.69, 9.17) is 8.23 Å². The van der Waals surface area contributed by atoms with Crippen molar-refractivity contribution in [1.29, 1.82) is 0 Å². The largest absolute Gasteiger partial charge is 0.456 e. The molecule has 24 heavy (non-hydrogen) atoms. The highest BCUT2D eigenvalue weighted by molar-refractivity contribution is 6.87. The molecule has 0 amide bonds. The molecular formula is C18H48O2Si4. The van der Waals surface area contributed by atoms with Gasteiger partial charge in [0.2, 0.25) is 0 Å². The summed E-state index contributed by atoms with van der Waals surface area (Å²) in [6, 6.07) is 0. The zero-order valence-electron chi connectivity index (χ0n) is 19.8. The standard InChI is InChI=1S/C12H30OSi2.C6H18OSi2/c1-11(2,3)14(7,8)13-15(9,10)12(4,5)6;1-8(2,3)7-9(4,5)6/h1-10H3;1-6H3. The topological polar surface area (TPSA) is 18.5 Å². The zero-order chi connectivity index (χ0) is 20.4. The van der Waals surface area contributed by atoms with Crippen LogP contribution in [-0.4, -0.2) is 33.3 Å². The normalized spacial score (nSPS) is 15.0. The minimum absolute atomic E-state index is 0.322. The van der Waals surface area contributed by atoms with Crippen LogP contribution >= 0.6 is 0 Å². The highest BCUT2D eigenvalue weighted by atomic mass is 28.4. The van der Waals surface area contributed by atoms with Gasteiger partial charge < -0.3 is 8.23 Å². The van der Waals surface area contributed by atoms with E-state index in [0.717, 1.165) is 0 Å². The Balaban J connectivity index is 0. The van der Waals surface area contributed by atoms with Crippen LogP contribution in [0, 0.1) is 0 Å². The van der Waals surface area contributed by atoms with Crippen molar-refractivity contribution >= 4 is 33.3 Å². The molecule has 0 aromatic carbocycles.